The minimum absolute atomic E-state index is 0.113. The van der Waals surface area contributed by atoms with Crippen molar-refractivity contribution in [3.8, 4) is 5.75 Å². The maximum absolute atomic E-state index is 11.8. The minimum atomic E-state index is -2.51. The van der Waals surface area contributed by atoms with Crippen LogP contribution in [-0.4, -0.2) is 24.1 Å². The monoisotopic (exact) mass is 278 g/mol. The number of halogens is 3. The first-order valence-electron chi connectivity index (χ1n) is 4.23. The Balaban J connectivity index is 2.70. The van der Waals surface area contributed by atoms with Gasteiger partial charge in [-0.25, -0.2) is 8.78 Å². The highest BCUT2D eigenvalue weighted by atomic mass is 79.9. The molecule has 1 rings (SSSR count). The van der Waals surface area contributed by atoms with Crippen molar-refractivity contribution in [2.75, 3.05) is 11.9 Å². The summed E-state index contributed by atoms with van der Waals surface area (Å²) in [6, 6.07) is 6.19. The number of ketones is 1. The first kappa shape index (κ1) is 12.1. The minimum Gasteiger partial charge on any atom is -0.488 e. The van der Waals surface area contributed by atoms with Gasteiger partial charge in [-0.3, -0.25) is 4.79 Å². The predicted octanol–water partition coefficient (Wildman–Crippen LogP) is 2.91. The molecule has 0 amide bonds. The van der Waals surface area contributed by atoms with E-state index >= 15 is 0 Å². The van der Waals surface area contributed by atoms with E-state index < -0.39 is 13.0 Å². The Morgan fingerprint density at radius 2 is 2.20 bits per heavy atom. The number of Topliss-reactive ketones (excluding diaryl/α,β-unsaturated/α-hetero) is 1. The molecule has 15 heavy (non-hydrogen) atoms. The zero-order valence-electron chi connectivity index (χ0n) is 7.75. The fraction of sp³-hybridized carbons (Fsp3) is 0.300. The second kappa shape index (κ2) is 5.80. The number of carbonyl (C=O) groups excluding carboxylic acids is 1. The van der Waals surface area contributed by atoms with E-state index in [-0.39, 0.29) is 16.9 Å². The van der Waals surface area contributed by atoms with Crippen LogP contribution in [0.2, 0.25) is 0 Å². The Bertz CT molecular complexity index is 342. The molecule has 0 aliphatic heterocycles. The van der Waals surface area contributed by atoms with Crippen molar-refractivity contribution in [1.82, 2.24) is 0 Å². The Kier molecular flexibility index (Phi) is 4.68. The van der Waals surface area contributed by atoms with Crippen molar-refractivity contribution in [2.24, 2.45) is 0 Å². The predicted molar refractivity (Wildman–Crippen MR) is 56.1 cm³/mol. The van der Waals surface area contributed by atoms with Crippen molar-refractivity contribution in [3.63, 3.8) is 0 Å². The molecule has 1 aromatic carbocycles. The van der Waals surface area contributed by atoms with Gasteiger partial charge in [0.15, 0.2) is 5.78 Å². The second-order valence-electron chi connectivity index (χ2n) is 2.79. The number of ether oxygens (including phenoxy) is 1. The van der Waals surface area contributed by atoms with Gasteiger partial charge < -0.3 is 4.74 Å². The molecule has 0 aliphatic carbocycles. The molecule has 0 N–H and O–H groups in total. The maximum atomic E-state index is 11.8. The van der Waals surface area contributed by atoms with Crippen LogP contribution in [0.5, 0.6) is 5.75 Å². The smallest absolute Gasteiger partial charge is 0.272 e. The number of alkyl halides is 3. The maximum Gasteiger partial charge on any atom is 0.272 e. The van der Waals surface area contributed by atoms with Gasteiger partial charge in [0, 0.05) is 5.56 Å². The standard InChI is InChI=1S/C10H9BrF2O2/c11-5-9(14)7-2-1-3-8(4-7)15-6-10(12)13/h1-4,10H,5-6H2. The fourth-order valence-corrected chi connectivity index (χ4v) is 1.32. The Hall–Kier alpha value is -0.970. The molecule has 0 fully saturated rings. The van der Waals surface area contributed by atoms with Crippen molar-refractivity contribution < 1.29 is 18.3 Å². The highest BCUT2D eigenvalue weighted by Gasteiger charge is 2.07. The van der Waals surface area contributed by atoms with Crippen LogP contribution in [0.3, 0.4) is 0 Å². The van der Waals surface area contributed by atoms with Crippen LogP contribution in [0.1, 0.15) is 10.4 Å². The summed E-state index contributed by atoms with van der Waals surface area (Å²) in [6.45, 7) is -0.661. The number of hydrogen-bond donors (Lipinski definition) is 0. The van der Waals surface area contributed by atoms with Gasteiger partial charge >= 0.3 is 0 Å². The summed E-state index contributed by atoms with van der Waals surface area (Å²) in [4.78, 5) is 11.3. The molecule has 0 aromatic heterocycles. The summed E-state index contributed by atoms with van der Waals surface area (Å²) in [5.41, 5.74) is 0.443. The zero-order chi connectivity index (χ0) is 11.3. The molecule has 0 bridgehead atoms. The summed E-state index contributed by atoms with van der Waals surface area (Å²) in [5.74, 6) is 0.166. The average molecular weight is 279 g/mol. The van der Waals surface area contributed by atoms with E-state index in [0.717, 1.165) is 0 Å². The van der Waals surface area contributed by atoms with Crippen LogP contribution < -0.4 is 4.74 Å². The Labute approximate surface area is 94.4 Å². The molecule has 0 radical (unpaired) electrons. The van der Waals surface area contributed by atoms with Gasteiger partial charge in [-0.15, -0.1) is 0 Å². The van der Waals surface area contributed by atoms with Gasteiger partial charge in [0.1, 0.15) is 12.4 Å². The van der Waals surface area contributed by atoms with Crippen LogP contribution in [0, 0.1) is 0 Å². The van der Waals surface area contributed by atoms with Crippen LogP contribution in [-0.2, 0) is 0 Å². The first-order valence-corrected chi connectivity index (χ1v) is 5.36. The largest absolute Gasteiger partial charge is 0.488 e. The van der Waals surface area contributed by atoms with Crippen LogP contribution in [0.25, 0.3) is 0 Å². The molecule has 0 saturated heterocycles. The van der Waals surface area contributed by atoms with E-state index in [1.54, 1.807) is 12.1 Å². The highest BCUT2D eigenvalue weighted by molar-refractivity contribution is 9.09. The van der Waals surface area contributed by atoms with E-state index in [2.05, 4.69) is 15.9 Å². The van der Waals surface area contributed by atoms with Crippen LogP contribution >= 0.6 is 15.9 Å². The van der Waals surface area contributed by atoms with Crippen molar-refractivity contribution >= 4 is 21.7 Å². The summed E-state index contributed by atoms with van der Waals surface area (Å²) in [7, 11) is 0. The van der Waals surface area contributed by atoms with E-state index in [9.17, 15) is 13.6 Å². The number of benzene rings is 1. The van der Waals surface area contributed by atoms with Crippen molar-refractivity contribution in [2.45, 2.75) is 6.43 Å². The topological polar surface area (TPSA) is 26.3 Å². The lowest BCUT2D eigenvalue weighted by atomic mass is 10.1. The van der Waals surface area contributed by atoms with Gasteiger partial charge in [0.25, 0.3) is 6.43 Å². The van der Waals surface area contributed by atoms with Gasteiger partial charge in [-0.1, -0.05) is 28.1 Å². The van der Waals surface area contributed by atoms with E-state index in [1.165, 1.54) is 12.1 Å². The summed E-state index contributed by atoms with van der Waals surface area (Å²) in [6.07, 6.45) is -2.51. The number of carbonyl (C=O) groups is 1. The number of hydrogen-bond acceptors (Lipinski definition) is 2. The first-order chi connectivity index (χ1) is 7.13. The second-order valence-corrected chi connectivity index (χ2v) is 3.35. The molecular weight excluding hydrogens is 270 g/mol. The third-order valence-electron chi connectivity index (χ3n) is 1.65. The zero-order valence-corrected chi connectivity index (χ0v) is 9.34. The summed E-state index contributed by atoms with van der Waals surface area (Å²) < 4.78 is 28.5. The lowest BCUT2D eigenvalue weighted by Gasteiger charge is -2.06. The fourth-order valence-electron chi connectivity index (χ4n) is 0.996. The molecule has 0 aliphatic rings. The molecule has 0 heterocycles. The van der Waals surface area contributed by atoms with Crippen molar-refractivity contribution in [1.29, 1.82) is 0 Å². The van der Waals surface area contributed by atoms with Gasteiger partial charge in [0.2, 0.25) is 0 Å². The van der Waals surface area contributed by atoms with E-state index in [0.29, 0.717) is 5.56 Å². The Morgan fingerprint density at radius 3 is 2.80 bits per heavy atom. The van der Waals surface area contributed by atoms with Crippen LogP contribution in [0.4, 0.5) is 8.78 Å². The lowest BCUT2D eigenvalue weighted by Crippen LogP contribution is -2.07. The molecule has 2 nitrogen and oxygen atoms in total. The van der Waals surface area contributed by atoms with Crippen LogP contribution in [0.15, 0.2) is 24.3 Å². The lowest BCUT2D eigenvalue weighted by molar-refractivity contribution is 0.0818. The van der Waals surface area contributed by atoms with Gasteiger partial charge in [-0.05, 0) is 12.1 Å². The van der Waals surface area contributed by atoms with E-state index in [4.69, 9.17) is 4.74 Å². The number of rotatable bonds is 5. The molecule has 0 unspecified atom stereocenters. The molecule has 82 valence electrons. The third kappa shape index (κ3) is 3.95. The quantitative estimate of drug-likeness (QED) is 0.612. The normalized spacial score (nSPS) is 10.4. The van der Waals surface area contributed by atoms with Crippen molar-refractivity contribution in [3.05, 3.63) is 29.8 Å². The Morgan fingerprint density at radius 1 is 1.47 bits per heavy atom. The van der Waals surface area contributed by atoms with Gasteiger partial charge in [0.05, 0.1) is 5.33 Å². The third-order valence-corrected chi connectivity index (χ3v) is 2.16. The molecular formula is C10H9BrF2O2. The molecule has 0 atom stereocenters. The SMILES string of the molecule is O=C(CBr)c1cccc(OCC(F)F)c1. The molecule has 1 aromatic rings. The average Bonchev–Trinajstić information content (AvgIpc) is 2.25. The molecule has 5 heteroatoms. The summed E-state index contributed by atoms with van der Waals surface area (Å²) in [5, 5.41) is 0.200. The van der Waals surface area contributed by atoms with Gasteiger partial charge in [-0.2, -0.15) is 0 Å². The highest BCUT2D eigenvalue weighted by Crippen LogP contribution is 2.15. The van der Waals surface area contributed by atoms with E-state index in [1.807, 2.05) is 0 Å². The molecule has 0 saturated carbocycles. The molecule has 0 spiro atoms. The summed E-state index contributed by atoms with van der Waals surface area (Å²) >= 11 is 3.03.